The highest BCUT2D eigenvalue weighted by molar-refractivity contribution is 6.30. The molecule has 0 saturated heterocycles. The van der Waals surface area contributed by atoms with Gasteiger partial charge in [-0.25, -0.2) is 4.39 Å². The summed E-state index contributed by atoms with van der Waals surface area (Å²) in [7, 11) is 0. The fraction of sp³-hybridized carbons (Fsp3) is 0.250. The Morgan fingerprint density at radius 1 is 1.16 bits per heavy atom. The molecule has 100 valence electrons. The molecule has 0 amide bonds. The summed E-state index contributed by atoms with van der Waals surface area (Å²) >= 11 is 5.93. The molecule has 3 heteroatoms. The SMILES string of the molecule is CCC(N)(Cc1cc(Cl)ccc1F)c1ccccc1. The van der Waals surface area contributed by atoms with Crippen LogP contribution in [0.5, 0.6) is 0 Å². The minimum absolute atomic E-state index is 0.261. The molecule has 1 nitrogen and oxygen atoms in total. The fourth-order valence-electron chi connectivity index (χ4n) is 2.22. The monoisotopic (exact) mass is 277 g/mol. The first-order chi connectivity index (χ1) is 9.05. The maximum atomic E-state index is 13.8. The highest BCUT2D eigenvalue weighted by Crippen LogP contribution is 2.28. The average Bonchev–Trinajstić information content (AvgIpc) is 2.44. The maximum absolute atomic E-state index is 13.8. The first-order valence-corrected chi connectivity index (χ1v) is 6.71. The fourth-order valence-corrected chi connectivity index (χ4v) is 2.41. The number of nitrogens with two attached hydrogens (primary N) is 1. The highest BCUT2D eigenvalue weighted by Gasteiger charge is 2.26. The molecule has 2 aromatic rings. The second-order valence-corrected chi connectivity index (χ2v) is 5.22. The molecule has 0 aliphatic carbocycles. The molecule has 1 unspecified atom stereocenters. The van der Waals surface area contributed by atoms with E-state index in [9.17, 15) is 4.39 Å². The molecular weight excluding hydrogens is 261 g/mol. The van der Waals surface area contributed by atoms with E-state index in [0.717, 1.165) is 12.0 Å². The third-order valence-electron chi connectivity index (χ3n) is 3.49. The summed E-state index contributed by atoms with van der Waals surface area (Å²) in [5.74, 6) is -0.261. The molecule has 0 saturated carbocycles. The van der Waals surface area contributed by atoms with Crippen molar-refractivity contribution in [2.24, 2.45) is 5.73 Å². The van der Waals surface area contributed by atoms with Crippen LogP contribution in [0.15, 0.2) is 48.5 Å². The van der Waals surface area contributed by atoms with Gasteiger partial charge in [-0.3, -0.25) is 0 Å². The van der Waals surface area contributed by atoms with Gasteiger partial charge in [0.1, 0.15) is 5.82 Å². The summed E-state index contributed by atoms with van der Waals surface area (Å²) < 4.78 is 13.8. The van der Waals surface area contributed by atoms with Crippen LogP contribution in [-0.4, -0.2) is 0 Å². The van der Waals surface area contributed by atoms with Crippen molar-refractivity contribution in [3.63, 3.8) is 0 Å². The van der Waals surface area contributed by atoms with Crippen LogP contribution in [0.4, 0.5) is 4.39 Å². The van der Waals surface area contributed by atoms with Gasteiger partial charge in [-0.2, -0.15) is 0 Å². The topological polar surface area (TPSA) is 26.0 Å². The Bertz CT molecular complexity index is 556. The predicted octanol–water partition coefficient (Wildman–Crippen LogP) is 4.29. The summed E-state index contributed by atoms with van der Waals surface area (Å²) in [6, 6.07) is 14.4. The molecule has 19 heavy (non-hydrogen) atoms. The van der Waals surface area contributed by atoms with Crippen LogP contribution >= 0.6 is 11.6 Å². The quantitative estimate of drug-likeness (QED) is 0.887. The van der Waals surface area contributed by atoms with Crippen LogP contribution < -0.4 is 5.73 Å². The van der Waals surface area contributed by atoms with Gasteiger partial charge in [0, 0.05) is 10.6 Å². The van der Waals surface area contributed by atoms with Gasteiger partial charge < -0.3 is 5.73 Å². The van der Waals surface area contributed by atoms with E-state index < -0.39 is 5.54 Å². The maximum Gasteiger partial charge on any atom is 0.126 e. The van der Waals surface area contributed by atoms with Crippen molar-refractivity contribution in [2.75, 3.05) is 0 Å². The van der Waals surface area contributed by atoms with Gasteiger partial charge >= 0.3 is 0 Å². The van der Waals surface area contributed by atoms with Gasteiger partial charge in [0.15, 0.2) is 0 Å². The number of hydrogen-bond donors (Lipinski definition) is 1. The second kappa shape index (κ2) is 5.72. The molecule has 1 atom stereocenters. The van der Waals surface area contributed by atoms with Gasteiger partial charge in [-0.05, 0) is 42.2 Å². The third-order valence-corrected chi connectivity index (χ3v) is 3.73. The Morgan fingerprint density at radius 2 is 1.84 bits per heavy atom. The molecule has 2 rings (SSSR count). The summed E-state index contributed by atoms with van der Waals surface area (Å²) in [5.41, 5.74) is 7.45. The van der Waals surface area contributed by atoms with Gasteiger partial charge in [-0.1, -0.05) is 48.9 Å². The van der Waals surface area contributed by atoms with E-state index in [1.54, 1.807) is 12.1 Å². The summed E-state index contributed by atoms with van der Waals surface area (Å²) in [6.07, 6.45) is 1.16. The van der Waals surface area contributed by atoms with E-state index in [1.807, 2.05) is 37.3 Å². The van der Waals surface area contributed by atoms with Crippen LogP contribution in [0.1, 0.15) is 24.5 Å². The van der Waals surface area contributed by atoms with Crippen molar-refractivity contribution in [1.82, 2.24) is 0 Å². The average molecular weight is 278 g/mol. The summed E-state index contributed by atoms with van der Waals surface area (Å²) in [6.45, 7) is 2.01. The zero-order valence-corrected chi connectivity index (χ0v) is 11.6. The minimum Gasteiger partial charge on any atom is -0.321 e. The van der Waals surface area contributed by atoms with E-state index >= 15 is 0 Å². The summed E-state index contributed by atoms with van der Waals surface area (Å²) in [4.78, 5) is 0. The Kier molecular flexibility index (Phi) is 4.23. The number of halogens is 2. The lowest BCUT2D eigenvalue weighted by molar-refractivity contribution is 0.416. The molecule has 0 radical (unpaired) electrons. The molecule has 2 aromatic carbocycles. The van der Waals surface area contributed by atoms with E-state index in [4.69, 9.17) is 17.3 Å². The molecule has 0 aromatic heterocycles. The van der Waals surface area contributed by atoms with Crippen LogP contribution in [0.3, 0.4) is 0 Å². The van der Waals surface area contributed by atoms with Crippen molar-refractivity contribution in [2.45, 2.75) is 25.3 Å². The summed E-state index contributed by atoms with van der Waals surface area (Å²) in [5, 5.41) is 0.530. The van der Waals surface area contributed by atoms with Crippen LogP contribution in [-0.2, 0) is 12.0 Å². The van der Waals surface area contributed by atoms with Gasteiger partial charge in [0.25, 0.3) is 0 Å². The standard InChI is InChI=1S/C16H17ClFN/c1-2-16(19,13-6-4-3-5-7-13)11-12-10-14(17)8-9-15(12)18/h3-10H,2,11,19H2,1H3. The van der Waals surface area contributed by atoms with Crippen molar-refractivity contribution in [3.8, 4) is 0 Å². The number of benzene rings is 2. The van der Waals surface area contributed by atoms with Crippen LogP contribution in [0.2, 0.25) is 5.02 Å². The largest absolute Gasteiger partial charge is 0.321 e. The Labute approximate surface area is 118 Å². The van der Waals surface area contributed by atoms with Crippen molar-refractivity contribution in [1.29, 1.82) is 0 Å². The van der Waals surface area contributed by atoms with Gasteiger partial charge in [0.05, 0.1) is 0 Å². The zero-order valence-electron chi connectivity index (χ0n) is 10.9. The van der Waals surface area contributed by atoms with E-state index in [0.29, 0.717) is 17.0 Å². The highest BCUT2D eigenvalue weighted by atomic mass is 35.5. The van der Waals surface area contributed by atoms with Crippen molar-refractivity contribution >= 4 is 11.6 Å². The first-order valence-electron chi connectivity index (χ1n) is 6.33. The lowest BCUT2D eigenvalue weighted by atomic mass is 9.82. The van der Waals surface area contributed by atoms with Crippen LogP contribution in [0.25, 0.3) is 0 Å². The van der Waals surface area contributed by atoms with E-state index in [-0.39, 0.29) is 5.82 Å². The molecule has 0 bridgehead atoms. The smallest absolute Gasteiger partial charge is 0.126 e. The Hall–Kier alpha value is -1.38. The Morgan fingerprint density at radius 3 is 2.47 bits per heavy atom. The van der Waals surface area contributed by atoms with Gasteiger partial charge in [-0.15, -0.1) is 0 Å². The number of rotatable bonds is 4. The first kappa shape index (κ1) is 14.0. The van der Waals surface area contributed by atoms with Crippen molar-refractivity contribution < 1.29 is 4.39 Å². The zero-order chi connectivity index (χ0) is 13.9. The van der Waals surface area contributed by atoms with Crippen LogP contribution in [0, 0.1) is 5.82 Å². The lowest BCUT2D eigenvalue weighted by Crippen LogP contribution is -2.38. The van der Waals surface area contributed by atoms with E-state index in [1.165, 1.54) is 6.07 Å². The minimum atomic E-state index is -0.577. The normalized spacial score (nSPS) is 14.1. The molecule has 0 heterocycles. The molecular formula is C16H17ClFN. The lowest BCUT2D eigenvalue weighted by Gasteiger charge is -2.29. The molecule has 0 spiro atoms. The van der Waals surface area contributed by atoms with E-state index in [2.05, 4.69) is 0 Å². The number of hydrogen-bond acceptors (Lipinski definition) is 1. The van der Waals surface area contributed by atoms with Gasteiger partial charge in [0.2, 0.25) is 0 Å². The third kappa shape index (κ3) is 3.14. The Balaban J connectivity index is 2.36. The molecule has 0 aliphatic heterocycles. The molecule has 2 N–H and O–H groups in total. The second-order valence-electron chi connectivity index (χ2n) is 4.79. The molecule has 0 fully saturated rings. The molecule has 0 aliphatic rings. The predicted molar refractivity (Wildman–Crippen MR) is 77.7 cm³/mol. The van der Waals surface area contributed by atoms with Crippen molar-refractivity contribution in [3.05, 3.63) is 70.5 Å².